The Hall–Kier alpha value is -1.66. The lowest BCUT2D eigenvalue weighted by molar-refractivity contribution is 0.617. The highest BCUT2D eigenvalue weighted by atomic mass is 32.2. The van der Waals surface area contributed by atoms with Gasteiger partial charge in [-0.05, 0) is 11.6 Å². The highest BCUT2D eigenvalue weighted by Crippen LogP contribution is 2.19. The Morgan fingerprint density at radius 2 is 2.15 bits per heavy atom. The van der Waals surface area contributed by atoms with Gasteiger partial charge in [0.15, 0.2) is 4.96 Å². The molecule has 0 aliphatic carbocycles. The Kier molecular flexibility index (Phi) is 3.84. The van der Waals surface area contributed by atoms with Crippen LogP contribution in [0.1, 0.15) is 11.3 Å². The largest absolute Gasteiger partial charge is 0.269 e. The third-order valence-corrected chi connectivity index (χ3v) is 4.59. The lowest BCUT2D eigenvalue weighted by Crippen LogP contribution is -2.12. The number of nitrogens with zero attached hydrogens (tertiary/aromatic N) is 2. The number of rotatable bonds is 4. The van der Waals surface area contributed by atoms with Crippen molar-refractivity contribution < 1.29 is 4.39 Å². The van der Waals surface area contributed by atoms with Gasteiger partial charge in [-0.3, -0.25) is 9.20 Å². The monoisotopic (exact) mass is 306 g/mol. The number of hydrogen-bond acceptors (Lipinski definition) is 4. The van der Waals surface area contributed by atoms with E-state index in [4.69, 9.17) is 0 Å². The topological polar surface area (TPSA) is 34.4 Å². The minimum absolute atomic E-state index is 0.0715. The molecule has 20 heavy (non-hydrogen) atoms. The van der Waals surface area contributed by atoms with Gasteiger partial charge in [0.2, 0.25) is 0 Å². The minimum atomic E-state index is -0.193. The molecule has 3 nitrogen and oxygen atoms in total. The summed E-state index contributed by atoms with van der Waals surface area (Å²) in [6, 6.07) is 8.26. The smallest absolute Gasteiger partial charge is 0.258 e. The number of aromatic nitrogens is 2. The van der Waals surface area contributed by atoms with E-state index in [1.165, 1.54) is 27.9 Å². The zero-order valence-corrected chi connectivity index (χ0v) is 12.1. The van der Waals surface area contributed by atoms with Gasteiger partial charge < -0.3 is 0 Å². The van der Waals surface area contributed by atoms with Gasteiger partial charge in [-0.1, -0.05) is 18.2 Å². The van der Waals surface area contributed by atoms with E-state index in [-0.39, 0.29) is 11.4 Å². The summed E-state index contributed by atoms with van der Waals surface area (Å²) in [7, 11) is 0. The second-order valence-electron chi connectivity index (χ2n) is 4.23. The van der Waals surface area contributed by atoms with E-state index in [0.29, 0.717) is 22.0 Å². The molecule has 0 saturated heterocycles. The molecule has 0 fully saturated rings. The molecule has 0 aliphatic rings. The average molecular weight is 306 g/mol. The number of benzene rings is 1. The van der Waals surface area contributed by atoms with E-state index in [2.05, 4.69) is 4.98 Å². The summed E-state index contributed by atoms with van der Waals surface area (Å²) in [5.74, 6) is 0.970. The van der Waals surface area contributed by atoms with Gasteiger partial charge in [0.05, 0.1) is 5.69 Å². The molecule has 0 aliphatic heterocycles. The zero-order chi connectivity index (χ0) is 13.9. The summed E-state index contributed by atoms with van der Waals surface area (Å²) in [6.07, 6.45) is 1.71. The summed E-state index contributed by atoms with van der Waals surface area (Å²) in [5, 5.41) is 1.83. The molecule has 3 aromatic rings. The van der Waals surface area contributed by atoms with Crippen LogP contribution >= 0.6 is 23.1 Å². The van der Waals surface area contributed by atoms with Crippen LogP contribution in [-0.2, 0) is 11.5 Å². The van der Waals surface area contributed by atoms with Crippen molar-refractivity contribution in [3.8, 4) is 0 Å². The maximum absolute atomic E-state index is 13.5. The number of thiazole rings is 1. The van der Waals surface area contributed by atoms with Gasteiger partial charge in [-0.25, -0.2) is 9.37 Å². The second-order valence-corrected chi connectivity index (χ2v) is 6.08. The first-order chi connectivity index (χ1) is 9.74. The van der Waals surface area contributed by atoms with Crippen molar-refractivity contribution in [2.24, 2.45) is 0 Å². The van der Waals surface area contributed by atoms with E-state index in [9.17, 15) is 9.18 Å². The zero-order valence-electron chi connectivity index (χ0n) is 10.5. The predicted octanol–water partition coefficient (Wildman–Crippen LogP) is 3.33. The van der Waals surface area contributed by atoms with Gasteiger partial charge in [-0.15, -0.1) is 11.3 Å². The summed E-state index contributed by atoms with van der Waals surface area (Å²) in [5.41, 5.74) is 1.34. The van der Waals surface area contributed by atoms with Crippen LogP contribution in [0.15, 0.2) is 46.7 Å². The van der Waals surface area contributed by atoms with Gasteiger partial charge in [0, 0.05) is 29.1 Å². The van der Waals surface area contributed by atoms with E-state index < -0.39 is 0 Å². The number of hydrogen-bond donors (Lipinski definition) is 0. The molecule has 1 aromatic carbocycles. The normalized spacial score (nSPS) is 11.1. The van der Waals surface area contributed by atoms with Crippen LogP contribution in [0.2, 0.25) is 0 Å². The first-order valence-electron chi connectivity index (χ1n) is 6.01. The molecule has 2 heterocycles. The Morgan fingerprint density at radius 1 is 1.30 bits per heavy atom. The van der Waals surface area contributed by atoms with Crippen LogP contribution < -0.4 is 5.56 Å². The summed E-state index contributed by atoms with van der Waals surface area (Å²) < 4.78 is 15.0. The molecule has 0 atom stereocenters. The maximum Gasteiger partial charge on any atom is 0.258 e. The highest BCUT2D eigenvalue weighted by Gasteiger charge is 2.05. The van der Waals surface area contributed by atoms with Crippen LogP contribution in [-0.4, -0.2) is 9.38 Å². The van der Waals surface area contributed by atoms with Crippen LogP contribution in [0, 0.1) is 5.82 Å². The molecule has 0 saturated carbocycles. The predicted molar refractivity (Wildman–Crippen MR) is 80.7 cm³/mol. The van der Waals surface area contributed by atoms with E-state index in [1.54, 1.807) is 30.1 Å². The number of fused-ring (bicyclic) bond motifs is 1. The van der Waals surface area contributed by atoms with Crippen LogP contribution in [0.3, 0.4) is 0 Å². The van der Waals surface area contributed by atoms with Gasteiger partial charge in [0.25, 0.3) is 5.56 Å². The first-order valence-corrected chi connectivity index (χ1v) is 8.04. The third kappa shape index (κ3) is 2.76. The van der Waals surface area contributed by atoms with Crippen molar-refractivity contribution >= 4 is 28.1 Å². The standard InChI is InChI=1S/C14H11FN2OS2/c15-12-4-2-1-3-10(12)8-19-9-11-7-13(18)17-5-6-20-14(17)16-11/h1-7H,8-9H2. The lowest BCUT2D eigenvalue weighted by atomic mass is 10.2. The Balaban J connectivity index is 1.71. The van der Waals surface area contributed by atoms with Gasteiger partial charge in [0.1, 0.15) is 5.82 Å². The molecule has 0 spiro atoms. The van der Waals surface area contributed by atoms with Crippen molar-refractivity contribution in [3.05, 3.63) is 69.3 Å². The number of halogens is 1. The fourth-order valence-corrected chi connectivity index (χ4v) is 3.49. The summed E-state index contributed by atoms with van der Waals surface area (Å²) in [6.45, 7) is 0. The number of thioether (sulfide) groups is 1. The average Bonchev–Trinajstić information content (AvgIpc) is 2.90. The molecular formula is C14H11FN2OS2. The fourth-order valence-electron chi connectivity index (χ4n) is 1.84. The van der Waals surface area contributed by atoms with E-state index in [0.717, 1.165) is 5.69 Å². The van der Waals surface area contributed by atoms with Gasteiger partial charge in [-0.2, -0.15) is 11.8 Å². The van der Waals surface area contributed by atoms with E-state index >= 15 is 0 Å². The quantitative estimate of drug-likeness (QED) is 0.741. The highest BCUT2D eigenvalue weighted by molar-refractivity contribution is 7.97. The molecule has 3 rings (SSSR count). The summed E-state index contributed by atoms with van der Waals surface area (Å²) >= 11 is 2.98. The van der Waals surface area contributed by atoms with Crippen molar-refractivity contribution in [2.45, 2.75) is 11.5 Å². The second kappa shape index (κ2) is 5.76. The van der Waals surface area contributed by atoms with Crippen LogP contribution in [0.5, 0.6) is 0 Å². The third-order valence-electron chi connectivity index (χ3n) is 2.82. The first kappa shape index (κ1) is 13.3. The Bertz CT molecular complexity index is 797. The minimum Gasteiger partial charge on any atom is -0.269 e. The van der Waals surface area contributed by atoms with E-state index in [1.807, 2.05) is 11.4 Å². The Morgan fingerprint density at radius 3 is 3.00 bits per heavy atom. The van der Waals surface area contributed by atoms with Crippen LogP contribution in [0.25, 0.3) is 4.96 Å². The Labute approximate surface area is 123 Å². The SMILES string of the molecule is O=c1cc(CSCc2ccccc2F)nc2sccn12. The molecule has 0 bridgehead atoms. The lowest BCUT2D eigenvalue weighted by Gasteiger charge is -2.03. The maximum atomic E-state index is 13.5. The van der Waals surface area contributed by atoms with Crippen molar-refractivity contribution in [2.75, 3.05) is 0 Å². The molecule has 2 aromatic heterocycles. The van der Waals surface area contributed by atoms with Crippen molar-refractivity contribution in [1.29, 1.82) is 0 Å². The summed E-state index contributed by atoms with van der Waals surface area (Å²) in [4.78, 5) is 16.9. The molecule has 0 unspecified atom stereocenters. The molecular weight excluding hydrogens is 295 g/mol. The molecule has 0 amide bonds. The molecule has 102 valence electrons. The molecule has 0 N–H and O–H groups in total. The van der Waals surface area contributed by atoms with Crippen molar-refractivity contribution in [3.63, 3.8) is 0 Å². The molecule has 0 radical (unpaired) electrons. The molecule has 6 heteroatoms. The van der Waals surface area contributed by atoms with Gasteiger partial charge >= 0.3 is 0 Å². The van der Waals surface area contributed by atoms with Crippen molar-refractivity contribution in [1.82, 2.24) is 9.38 Å². The fraction of sp³-hybridized carbons (Fsp3) is 0.143. The van der Waals surface area contributed by atoms with Crippen LogP contribution in [0.4, 0.5) is 4.39 Å².